The number of hydrogen-bond donors (Lipinski definition) is 1. The Bertz CT molecular complexity index is 645. The second kappa shape index (κ2) is 4.30. The van der Waals surface area contributed by atoms with Crippen molar-refractivity contribution in [3.63, 3.8) is 0 Å². The number of aryl methyl sites for hydroxylation is 2. The Hall–Kier alpha value is -1.90. The summed E-state index contributed by atoms with van der Waals surface area (Å²) in [6, 6.07) is 10.9. The zero-order valence-corrected chi connectivity index (χ0v) is 11.9. The number of fused-ring (bicyclic) bond motifs is 3. The highest BCUT2D eigenvalue weighted by Crippen LogP contribution is 2.61. The number of aromatic nitrogens is 2. The van der Waals surface area contributed by atoms with E-state index in [0.717, 1.165) is 41.6 Å². The molecule has 1 heterocycles. The van der Waals surface area contributed by atoms with Crippen molar-refractivity contribution in [1.82, 2.24) is 9.97 Å². The molecule has 3 atom stereocenters. The maximum Gasteiger partial charge on any atom is 0.129 e. The van der Waals surface area contributed by atoms with Gasteiger partial charge in [-0.1, -0.05) is 24.3 Å². The van der Waals surface area contributed by atoms with E-state index in [2.05, 4.69) is 39.6 Å². The van der Waals surface area contributed by atoms with Gasteiger partial charge in [-0.15, -0.1) is 0 Å². The first kappa shape index (κ1) is 11.9. The van der Waals surface area contributed by atoms with Gasteiger partial charge in [-0.3, -0.25) is 0 Å². The first-order chi connectivity index (χ1) is 9.72. The number of nitrogens with one attached hydrogen (secondary N) is 1. The minimum Gasteiger partial charge on any atom is -0.370 e. The molecular weight excluding hydrogens is 246 g/mol. The largest absolute Gasteiger partial charge is 0.370 e. The molecule has 4 rings (SSSR count). The fraction of sp³-hybridized carbons (Fsp3) is 0.412. The van der Waals surface area contributed by atoms with Crippen molar-refractivity contribution in [1.29, 1.82) is 0 Å². The molecule has 3 nitrogen and oxygen atoms in total. The third kappa shape index (κ3) is 1.89. The van der Waals surface area contributed by atoms with Crippen LogP contribution in [0.15, 0.2) is 30.3 Å². The van der Waals surface area contributed by atoms with Crippen LogP contribution in [0.25, 0.3) is 0 Å². The molecule has 3 unspecified atom stereocenters. The van der Waals surface area contributed by atoms with Crippen LogP contribution in [0.4, 0.5) is 5.82 Å². The monoisotopic (exact) mass is 265 g/mol. The number of rotatable bonds is 3. The quantitative estimate of drug-likeness (QED) is 0.926. The molecule has 1 fully saturated rings. The molecule has 1 aromatic heterocycles. The van der Waals surface area contributed by atoms with E-state index in [1.807, 2.05) is 19.9 Å². The second-order valence-electron chi connectivity index (χ2n) is 6.08. The summed E-state index contributed by atoms with van der Waals surface area (Å²) < 4.78 is 0. The van der Waals surface area contributed by atoms with Gasteiger partial charge in [0.1, 0.15) is 11.6 Å². The lowest BCUT2D eigenvalue weighted by molar-refractivity contribution is 0.717. The summed E-state index contributed by atoms with van der Waals surface area (Å²) in [5.74, 6) is 4.22. The molecule has 2 aliphatic rings. The smallest absolute Gasteiger partial charge is 0.129 e. The standard InChI is InChI=1S/C17H19N3/c1-10-7-16(20-11(2)19-10)18-9-15-14-8-12-5-3-4-6-13(12)17(14)15/h3-7,14-15,17H,8-9H2,1-2H3,(H,18,19,20). The van der Waals surface area contributed by atoms with Crippen LogP contribution in [-0.4, -0.2) is 16.5 Å². The SMILES string of the molecule is Cc1cc(NCC2C3Cc4ccccc4C23)nc(C)n1. The molecule has 0 saturated heterocycles. The van der Waals surface area contributed by atoms with Crippen LogP contribution in [0.2, 0.25) is 0 Å². The molecule has 0 bridgehead atoms. The number of benzene rings is 1. The summed E-state index contributed by atoms with van der Waals surface area (Å²) in [7, 11) is 0. The number of nitrogens with zero attached hydrogens (tertiary/aromatic N) is 2. The molecule has 2 aromatic rings. The lowest BCUT2D eigenvalue weighted by Crippen LogP contribution is -2.10. The Morgan fingerprint density at radius 3 is 2.90 bits per heavy atom. The minimum atomic E-state index is 0.778. The van der Waals surface area contributed by atoms with Gasteiger partial charge in [0, 0.05) is 18.3 Å². The van der Waals surface area contributed by atoms with Gasteiger partial charge in [-0.25, -0.2) is 9.97 Å². The van der Waals surface area contributed by atoms with Gasteiger partial charge in [0.05, 0.1) is 0 Å². The topological polar surface area (TPSA) is 37.8 Å². The minimum absolute atomic E-state index is 0.778. The summed E-state index contributed by atoms with van der Waals surface area (Å²) in [5, 5.41) is 3.50. The summed E-state index contributed by atoms with van der Waals surface area (Å²) in [5.41, 5.74) is 4.17. The van der Waals surface area contributed by atoms with Gasteiger partial charge < -0.3 is 5.32 Å². The van der Waals surface area contributed by atoms with Gasteiger partial charge in [0.25, 0.3) is 0 Å². The molecule has 3 heteroatoms. The lowest BCUT2D eigenvalue weighted by Gasteiger charge is -2.10. The van der Waals surface area contributed by atoms with Crippen LogP contribution in [0, 0.1) is 25.7 Å². The number of hydrogen-bond acceptors (Lipinski definition) is 3. The van der Waals surface area contributed by atoms with Crippen molar-refractivity contribution < 1.29 is 0 Å². The first-order valence-corrected chi connectivity index (χ1v) is 7.36. The third-order valence-corrected chi connectivity index (χ3v) is 4.69. The molecular formula is C17H19N3. The molecule has 102 valence electrons. The zero-order chi connectivity index (χ0) is 13.7. The van der Waals surface area contributed by atoms with Crippen molar-refractivity contribution in [2.45, 2.75) is 26.2 Å². The molecule has 0 amide bonds. The lowest BCUT2D eigenvalue weighted by atomic mass is 10.0. The summed E-state index contributed by atoms with van der Waals surface area (Å²) in [6.45, 7) is 4.99. The fourth-order valence-corrected chi connectivity index (χ4v) is 3.79. The van der Waals surface area contributed by atoms with Crippen molar-refractivity contribution in [2.75, 3.05) is 11.9 Å². The molecule has 20 heavy (non-hydrogen) atoms. The third-order valence-electron chi connectivity index (χ3n) is 4.69. The van der Waals surface area contributed by atoms with E-state index in [4.69, 9.17) is 0 Å². The highest BCUT2D eigenvalue weighted by atomic mass is 15.0. The van der Waals surface area contributed by atoms with E-state index in [1.54, 1.807) is 11.1 Å². The molecule has 2 aliphatic carbocycles. The van der Waals surface area contributed by atoms with Crippen LogP contribution >= 0.6 is 0 Å². The highest BCUT2D eigenvalue weighted by Gasteiger charge is 2.54. The van der Waals surface area contributed by atoms with E-state index in [9.17, 15) is 0 Å². The molecule has 1 saturated carbocycles. The van der Waals surface area contributed by atoms with Gasteiger partial charge in [-0.05, 0) is 49.1 Å². The normalized spacial score (nSPS) is 26.0. The van der Waals surface area contributed by atoms with Crippen LogP contribution in [0.1, 0.15) is 28.6 Å². The van der Waals surface area contributed by atoms with Crippen molar-refractivity contribution in [3.05, 3.63) is 53.0 Å². The predicted octanol–water partition coefficient (Wildman–Crippen LogP) is 3.09. The summed E-state index contributed by atoms with van der Waals surface area (Å²) >= 11 is 0. The van der Waals surface area contributed by atoms with Gasteiger partial charge in [0.2, 0.25) is 0 Å². The Balaban J connectivity index is 1.44. The van der Waals surface area contributed by atoms with Crippen molar-refractivity contribution >= 4 is 5.82 Å². The van der Waals surface area contributed by atoms with E-state index >= 15 is 0 Å². The van der Waals surface area contributed by atoms with Crippen LogP contribution < -0.4 is 5.32 Å². The van der Waals surface area contributed by atoms with E-state index in [0.29, 0.717) is 0 Å². The summed E-state index contributed by atoms with van der Waals surface area (Å²) in [6.07, 6.45) is 1.26. The van der Waals surface area contributed by atoms with Crippen LogP contribution in [-0.2, 0) is 6.42 Å². The zero-order valence-electron chi connectivity index (χ0n) is 11.9. The summed E-state index contributed by atoms with van der Waals surface area (Å²) in [4.78, 5) is 8.76. The second-order valence-corrected chi connectivity index (χ2v) is 6.08. The van der Waals surface area contributed by atoms with Crippen LogP contribution in [0.3, 0.4) is 0 Å². The van der Waals surface area contributed by atoms with E-state index in [-0.39, 0.29) is 0 Å². The van der Waals surface area contributed by atoms with Gasteiger partial charge in [0.15, 0.2) is 0 Å². The average Bonchev–Trinajstić information content (AvgIpc) is 2.94. The predicted molar refractivity (Wildman–Crippen MR) is 79.9 cm³/mol. The Morgan fingerprint density at radius 1 is 1.20 bits per heavy atom. The molecule has 1 N–H and O–H groups in total. The van der Waals surface area contributed by atoms with E-state index in [1.165, 1.54) is 6.42 Å². The average molecular weight is 265 g/mol. The van der Waals surface area contributed by atoms with E-state index < -0.39 is 0 Å². The Labute approximate surface area is 119 Å². The maximum absolute atomic E-state index is 4.45. The highest BCUT2D eigenvalue weighted by molar-refractivity contribution is 5.45. The van der Waals surface area contributed by atoms with Gasteiger partial charge >= 0.3 is 0 Å². The van der Waals surface area contributed by atoms with Crippen molar-refractivity contribution in [3.8, 4) is 0 Å². The Kier molecular flexibility index (Phi) is 2.56. The molecule has 0 spiro atoms. The number of anilines is 1. The van der Waals surface area contributed by atoms with Gasteiger partial charge in [-0.2, -0.15) is 0 Å². The fourth-order valence-electron chi connectivity index (χ4n) is 3.79. The molecule has 0 aliphatic heterocycles. The maximum atomic E-state index is 4.45. The molecule has 0 radical (unpaired) electrons. The Morgan fingerprint density at radius 2 is 2.05 bits per heavy atom. The molecule has 1 aromatic carbocycles. The first-order valence-electron chi connectivity index (χ1n) is 7.36. The van der Waals surface area contributed by atoms with Crippen LogP contribution in [0.5, 0.6) is 0 Å². The van der Waals surface area contributed by atoms with Crippen molar-refractivity contribution in [2.24, 2.45) is 11.8 Å².